The van der Waals surface area contributed by atoms with Crippen LogP contribution in [0.4, 0.5) is 0 Å². The molecule has 1 aromatic heterocycles. The van der Waals surface area contributed by atoms with E-state index in [0.717, 1.165) is 5.56 Å². The number of hydrogen-bond donors (Lipinski definition) is 2. The van der Waals surface area contributed by atoms with E-state index in [1.54, 1.807) is 0 Å². The van der Waals surface area contributed by atoms with Gasteiger partial charge in [0.25, 0.3) is 5.56 Å². The molecular formula is C13H11NO3. The lowest BCUT2D eigenvalue weighted by Gasteiger charge is -2.02. The predicted molar refractivity (Wildman–Crippen MR) is 63.3 cm³/mol. The molecule has 0 aliphatic heterocycles. The van der Waals surface area contributed by atoms with Gasteiger partial charge in [-0.3, -0.25) is 4.79 Å². The summed E-state index contributed by atoms with van der Waals surface area (Å²) in [5, 5.41) is 8.84. The van der Waals surface area contributed by atoms with Crippen molar-refractivity contribution in [1.29, 1.82) is 0 Å². The molecule has 0 fully saturated rings. The molecule has 0 bridgehead atoms. The maximum absolute atomic E-state index is 11.5. The number of aromatic carboxylic acids is 1. The Morgan fingerprint density at radius 1 is 1.24 bits per heavy atom. The van der Waals surface area contributed by atoms with E-state index in [4.69, 9.17) is 5.11 Å². The van der Waals surface area contributed by atoms with E-state index in [1.807, 2.05) is 30.3 Å². The zero-order valence-electron chi connectivity index (χ0n) is 9.01. The number of carboxylic acid groups (broad SMARTS) is 1. The van der Waals surface area contributed by atoms with Crippen molar-refractivity contribution >= 4 is 5.97 Å². The molecular weight excluding hydrogens is 218 g/mol. The van der Waals surface area contributed by atoms with Crippen molar-refractivity contribution in [2.45, 2.75) is 6.42 Å². The van der Waals surface area contributed by atoms with Crippen molar-refractivity contribution in [3.8, 4) is 0 Å². The van der Waals surface area contributed by atoms with Crippen molar-refractivity contribution in [3.63, 3.8) is 0 Å². The van der Waals surface area contributed by atoms with E-state index in [2.05, 4.69) is 4.98 Å². The van der Waals surface area contributed by atoms with Crippen molar-refractivity contribution in [3.05, 3.63) is 69.6 Å². The highest BCUT2D eigenvalue weighted by atomic mass is 16.4. The fraction of sp³-hybridized carbons (Fsp3) is 0.0769. The Kier molecular flexibility index (Phi) is 3.05. The number of rotatable bonds is 3. The Morgan fingerprint density at radius 3 is 2.59 bits per heavy atom. The number of hydrogen-bond acceptors (Lipinski definition) is 2. The Bertz CT molecular complexity index is 587. The van der Waals surface area contributed by atoms with Crippen LogP contribution in [0.5, 0.6) is 0 Å². The Morgan fingerprint density at radius 2 is 1.94 bits per heavy atom. The predicted octanol–water partition coefficient (Wildman–Crippen LogP) is 1.66. The molecule has 0 aliphatic rings. The minimum absolute atomic E-state index is 0.0931. The van der Waals surface area contributed by atoms with E-state index in [0.29, 0.717) is 12.0 Å². The normalized spacial score (nSPS) is 10.1. The molecule has 2 rings (SSSR count). The number of benzene rings is 1. The summed E-state index contributed by atoms with van der Waals surface area (Å²) < 4.78 is 0. The standard InChI is InChI=1S/C13H11NO3/c15-12-10(6-9-4-2-1-3-5-9)7-11(8-14-12)13(16)17/h1-5,7-8H,6H2,(H,14,15)(H,16,17). The summed E-state index contributed by atoms with van der Waals surface area (Å²) in [4.78, 5) is 24.8. The fourth-order valence-corrected chi connectivity index (χ4v) is 1.60. The van der Waals surface area contributed by atoms with Gasteiger partial charge in [-0.25, -0.2) is 4.79 Å². The molecule has 0 atom stereocenters. The molecule has 2 aromatic rings. The van der Waals surface area contributed by atoms with Crippen molar-refractivity contribution in [1.82, 2.24) is 4.98 Å². The van der Waals surface area contributed by atoms with Gasteiger partial charge in [0, 0.05) is 18.2 Å². The van der Waals surface area contributed by atoms with Gasteiger partial charge in [0.15, 0.2) is 0 Å². The average Bonchev–Trinajstić information content (AvgIpc) is 2.33. The molecule has 0 radical (unpaired) electrons. The van der Waals surface area contributed by atoms with Gasteiger partial charge in [-0.15, -0.1) is 0 Å². The van der Waals surface area contributed by atoms with E-state index < -0.39 is 5.97 Å². The van der Waals surface area contributed by atoms with Gasteiger partial charge in [0.2, 0.25) is 0 Å². The molecule has 4 heteroatoms. The highest BCUT2D eigenvalue weighted by Crippen LogP contribution is 2.07. The van der Waals surface area contributed by atoms with Crippen LogP contribution in [-0.4, -0.2) is 16.1 Å². The van der Waals surface area contributed by atoms with Gasteiger partial charge in [-0.05, 0) is 11.6 Å². The average molecular weight is 229 g/mol. The van der Waals surface area contributed by atoms with E-state index in [1.165, 1.54) is 12.3 Å². The first-order valence-corrected chi connectivity index (χ1v) is 5.15. The first-order valence-electron chi connectivity index (χ1n) is 5.15. The topological polar surface area (TPSA) is 70.2 Å². The van der Waals surface area contributed by atoms with Crippen LogP contribution in [0.25, 0.3) is 0 Å². The minimum Gasteiger partial charge on any atom is -0.478 e. The maximum atomic E-state index is 11.5. The molecule has 2 N–H and O–H groups in total. The third-order valence-corrected chi connectivity index (χ3v) is 2.46. The molecule has 0 saturated heterocycles. The van der Waals surface area contributed by atoms with E-state index >= 15 is 0 Å². The van der Waals surface area contributed by atoms with Gasteiger partial charge in [-0.1, -0.05) is 30.3 Å². The number of carbonyl (C=O) groups is 1. The molecule has 0 saturated carbocycles. The number of aromatic nitrogens is 1. The zero-order valence-corrected chi connectivity index (χ0v) is 9.01. The van der Waals surface area contributed by atoms with Gasteiger partial charge in [-0.2, -0.15) is 0 Å². The van der Waals surface area contributed by atoms with Gasteiger partial charge in [0.05, 0.1) is 5.56 Å². The number of pyridine rings is 1. The van der Waals surface area contributed by atoms with E-state index in [9.17, 15) is 9.59 Å². The third kappa shape index (κ3) is 2.60. The summed E-state index contributed by atoms with van der Waals surface area (Å²) in [5.74, 6) is -1.05. The molecule has 0 unspecified atom stereocenters. The summed E-state index contributed by atoms with van der Waals surface area (Å²) in [6.45, 7) is 0. The smallest absolute Gasteiger partial charge is 0.337 e. The molecule has 1 heterocycles. The van der Waals surface area contributed by atoms with Crippen molar-refractivity contribution in [2.75, 3.05) is 0 Å². The lowest BCUT2D eigenvalue weighted by Crippen LogP contribution is -2.14. The quantitative estimate of drug-likeness (QED) is 0.840. The summed E-state index contributed by atoms with van der Waals surface area (Å²) in [6.07, 6.45) is 1.64. The van der Waals surface area contributed by atoms with Crippen LogP contribution in [-0.2, 0) is 6.42 Å². The largest absolute Gasteiger partial charge is 0.478 e. The van der Waals surface area contributed by atoms with Crippen LogP contribution < -0.4 is 5.56 Å². The van der Waals surface area contributed by atoms with Crippen molar-refractivity contribution in [2.24, 2.45) is 0 Å². The monoisotopic (exact) mass is 229 g/mol. The summed E-state index contributed by atoms with van der Waals surface area (Å²) in [5.41, 5.74) is 1.27. The number of aromatic amines is 1. The molecule has 4 nitrogen and oxygen atoms in total. The molecule has 0 aliphatic carbocycles. The second-order valence-corrected chi connectivity index (χ2v) is 3.71. The number of H-pyrrole nitrogens is 1. The van der Waals surface area contributed by atoms with Gasteiger partial charge in [0.1, 0.15) is 0 Å². The Hall–Kier alpha value is -2.36. The summed E-state index contributed by atoms with van der Waals surface area (Å²) in [6, 6.07) is 10.9. The highest BCUT2D eigenvalue weighted by Gasteiger charge is 2.07. The SMILES string of the molecule is O=C(O)c1c[nH]c(=O)c(Cc2ccccc2)c1. The molecule has 17 heavy (non-hydrogen) atoms. The lowest BCUT2D eigenvalue weighted by molar-refractivity contribution is 0.0696. The first kappa shape index (κ1) is 11.1. The Labute approximate surface area is 97.6 Å². The highest BCUT2D eigenvalue weighted by molar-refractivity contribution is 5.87. The summed E-state index contributed by atoms with van der Waals surface area (Å²) in [7, 11) is 0. The molecule has 86 valence electrons. The Balaban J connectivity index is 2.36. The summed E-state index contributed by atoms with van der Waals surface area (Å²) >= 11 is 0. The lowest BCUT2D eigenvalue weighted by atomic mass is 10.1. The van der Waals surface area contributed by atoms with Crippen LogP contribution >= 0.6 is 0 Å². The van der Waals surface area contributed by atoms with Crippen molar-refractivity contribution < 1.29 is 9.90 Å². The molecule has 0 amide bonds. The van der Waals surface area contributed by atoms with Crippen LogP contribution in [0, 0.1) is 0 Å². The van der Waals surface area contributed by atoms with Gasteiger partial charge < -0.3 is 10.1 Å². The first-order chi connectivity index (χ1) is 8.16. The van der Waals surface area contributed by atoms with Gasteiger partial charge >= 0.3 is 5.97 Å². The zero-order chi connectivity index (χ0) is 12.3. The van der Waals surface area contributed by atoms with Crippen LogP contribution in [0.1, 0.15) is 21.5 Å². The molecule has 1 aromatic carbocycles. The van der Waals surface area contributed by atoms with Crippen LogP contribution in [0.2, 0.25) is 0 Å². The van der Waals surface area contributed by atoms with E-state index in [-0.39, 0.29) is 11.1 Å². The molecule has 0 spiro atoms. The van der Waals surface area contributed by atoms with Crippen LogP contribution in [0.15, 0.2) is 47.4 Å². The maximum Gasteiger partial charge on any atom is 0.337 e. The fourth-order valence-electron chi connectivity index (χ4n) is 1.60. The number of carboxylic acids is 1. The minimum atomic E-state index is -1.05. The second kappa shape index (κ2) is 4.65. The van der Waals surface area contributed by atoms with Crippen LogP contribution in [0.3, 0.4) is 0 Å². The third-order valence-electron chi connectivity index (χ3n) is 2.46. The second-order valence-electron chi connectivity index (χ2n) is 3.71. The number of nitrogens with one attached hydrogen (secondary N) is 1.